The van der Waals surface area contributed by atoms with E-state index in [2.05, 4.69) is 9.88 Å². The molecule has 0 bridgehead atoms. The van der Waals surface area contributed by atoms with Crippen molar-refractivity contribution in [1.29, 1.82) is 0 Å². The highest BCUT2D eigenvalue weighted by Crippen LogP contribution is 2.17. The molecule has 140 valence electrons. The molecule has 1 aliphatic rings. The Hall–Kier alpha value is -1.82. The highest BCUT2D eigenvalue weighted by Gasteiger charge is 2.21. The summed E-state index contributed by atoms with van der Waals surface area (Å²) >= 11 is 5.91. The number of ether oxygens (including phenoxy) is 1. The number of benzene rings is 1. The lowest BCUT2D eigenvalue weighted by Crippen LogP contribution is -2.50. The quantitative estimate of drug-likeness (QED) is 0.754. The molecule has 0 saturated carbocycles. The van der Waals surface area contributed by atoms with Crippen molar-refractivity contribution in [2.75, 3.05) is 39.3 Å². The van der Waals surface area contributed by atoms with Crippen molar-refractivity contribution in [3.63, 3.8) is 0 Å². The number of hydrogen-bond acceptors (Lipinski definition) is 4. The van der Waals surface area contributed by atoms with E-state index in [9.17, 15) is 4.79 Å². The third kappa shape index (κ3) is 6.16. The molecule has 5 nitrogen and oxygen atoms in total. The monoisotopic (exact) mass is 395 g/mol. The zero-order chi connectivity index (χ0) is 17.5. The summed E-state index contributed by atoms with van der Waals surface area (Å²) in [7, 11) is 0. The van der Waals surface area contributed by atoms with Gasteiger partial charge in [-0.05, 0) is 42.3 Å². The molecule has 0 aliphatic carbocycles. The summed E-state index contributed by atoms with van der Waals surface area (Å²) in [5, 5.41) is 0.604. The third-order valence-electron chi connectivity index (χ3n) is 4.35. The van der Waals surface area contributed by atoms with Crippen molar-refractivity contribution >= 4 is 29.9 Å². The highest BCUT2D eigenvalue weighted by molar-refractivity contribution is 6.30. The van der Waals surface area contributed by atoms with Crippen LogP contribution in [0.5, 0.6) is 5.75 Å². The van der Waals surface area contributed by atoms with Crippen molar-refractivity contribution in [2.24, 2.45) is 0 Å². The van der Waals surface area contributed by atoms with Gasteiger partial charge in [0.1, 0.15) is 5.75 Å². The first kappa shape index (κ1) is 20.5. The molecule has 0 spiro atoms. The van der Waals surface area contributed by atoms with Gasteiger partial charge in [-0.1, -0.05) is 17.7 Å². The van der Waals surface area contributed by atoms with Crippen LogP contribution < -0.4 is 4.74 Å². The van der Waals surface area contributed by atoms with Crippen molar-refractivity contribution < 1.29 is 9.53 Å². The Balaban J connectivity index is 0.00000243. The molecule has 26 heavy (non-hydrogen) atoms. The van der Waals surface area contributed by atoms with Gasteiger partial charge in [0.15, 0.2) is 6.61 Å². The van der Waals surface area contributed by atoms with E-state index in [0.29, 0.717) is 10.8 Å². The lowest BCUT2D eigenvalue weighted by atomic mass is 10.2. The van der Waals surface area contributed by atoms with Crippen LogP contribution in [-0.4, -0.2) is 60.0 Å². The molecular weight excluding hydrogens is 373 g/mol. The van der Waals surface area contributed by atoms with Crippen molar-refractivity contribution in [3.05, 3.63) is 59.4 Å². The fourth-order valence-corrected chi connectivity index (χ4v) is 3.03. The highest BCUT2D eigenvalue weighted by atomic mass is 35.5. The SMILES string of the molecule is Cl.O=C(COc1cccc(Cl)c1)N1CCN(CCc2ccncc2)CC1. The second-order valence-electron chi connectivity index (χ2n) is 6.07. The average molecular weight is 396 g/mol. The van der Waals surface area contributed by atoms with Gasteiger partial charge in [0.05, 0.1) is 0 Å². The smallest absolute Gasteiger partial charge is 0.260 e. The molecule has 1 aromatic heterocycles. The van der Waals surface area contributed by atoms with Gasteiger partial charge < -0.3 is 9.64 Å². The number of piperazine rings is 1. The Labute approximate surface area is 165 Å². The van der Waals surface area contributed by atoms with Gasteiger partial charge in [-0.15, -0.1) is 12.4 Å². The number of hydrogen-bond donors (Lipinski definition) is 0. The first-order valence-electron chi connectivity index (χ1n) is 8.48. The summed E-state index contributed by atoms with van der Waals surface area (Å²) in [5.41, 5.74) is 1.29. The summed E-state index contributed by atoms with van der Waals surface area (Å²) in [6.07, 6.45) is 4.66. The van der Waals surface area contributed by atoms with E-state index >= 15 is 0 Å². The minimum atomic E-state index is 0. The van der Waals surface area contributed by atoms with Crippen LogP contribution in [0.3, 0.4) is 0 Å². The molecule has 0 N–H and O–H groups in total. The number of aromatic nitrogens is 1. The Morgan fingerprint density at radius 2 is 1.85 bits per heavy atom. The normalized spacial score (nSPS) is 14.6. The predicted octanol–water partition coefficient (Wildman–Crippen LogP) is 2.92. The fourth-order valence-electron chi connectivity index (χ4n) is 2.85. The maximum absolute atomic E-state index is 12.3. The maximum atomic E-state index is 12.3. The van der Waals surface area contributed by atoms with E-state index in [0.717, 1.165) is 39.1 Å². The summed E-state index contributed by atoms with van der Waals surface area (Å²) in [6, 6.07) is 11.2. The molecule has 3 rings (SSSR count). The van der Waals surface area contributed by atoms with Gasteiger partial charge in [0.25, 0.3) is 5.91 Å². The van der Waals surface area contributed by atoms with E-state index in [1.807, 2.05) is 35.5 Å². The molecule has 1 saturated heterocycles. The molecule has 2 aromatic rings. The van der Waals surface area contributed by atoms with Gasteiger partial charge in [-0.25, -0.2) is 0 Å². The molecule has 1 amide bonds. The van der Waals surface area contributed by atoms with E-state index in [1.165, 1.54) is 5.56 Å². The van der Waals surface area contributed by atoms with E-state index in [1.54, 1.807) is 18.2 Å². The Morgan fingerprint density at radius 1 is 1.12 bits per heavy atom. The Morgan fingerprint density at radius 3 is 2.54 bits per heavy atom. The minimum Gasteiger partial charge on any atom is -0.484 e. The lowest BCUT2D eigenvalue weighted by molar-refractivity contribution is -0.135. The van der Waals surface area contributed by atoms with Crippen LogP contribution in [-0.2, 0) is 11.2 Å². The van der Waals surface area contributed by atoms with Gasteiger partial charge in [-0.3, -0.25) is 14.7 Å². The van der Waals surface area contributed by atoms with Crippen LogP contribution in [0.2, 0.25) is 5.02 Å². The van der Waals surface area contributed by atoms with Gasteiger partial charge in [0.2, 0.25) is 0 Å². The van der Waals surface area contributed by atoms with Crippen LogP contribution in [0.25, 0.3) is 0 Å². The number of rotatable bonds is 6. The topological polar surface area (TPSA) is 45.7 Å². The number of halogens is 2. The molecule has 0 unspecified atom stereocenters. The van der Waals surface area contributed by atoms with E-state index < -0.39 is 0 Å². The van der Waals surface area contributed by atoms with Crippen molar-refractivity contribution in [2.45, 2.75) is 6.42 Å². The molecule has 1 aliphatic heterocycles. The number of nitrogens with zero attached hydrogens (tertiary/aromatic N) is 3. The first-order chi connectivity index (χ1) is 12.2. The molecule has 2 heterocycles. The zero-order valence-electron chi connectivity index (χ0n) is 14.5. The van der Waals surface area contributed by atoms with Crippen LogP contribution in [0.15, 0.2) is 48.8 Å². The molecule has 0 radical (unpaired) electrons. The largest absolute Gasteiger partial charge is 0.484 e. The van der Waals surface area contributed by atoms with Crippen LogP contribution in [0, 0.1) is 0 Å². The third-order valence-corrected chi connectivity index (χ3v) is 4.58. The Bertz CT molecular complexity index is 692. The summed E-state index contributed by atoms with van der Waals surface area (Å²) in [5.74, 6) is 0.644. The van der Waals surface area contributed by atoms with E-state index in [-0.39, 0.29) is 24.9 Å². The summed E-state index contributed by atoms with van der Waals surface area (Å²) in [4.78, 5) is 20.6. The molecule has 1 aromatic carbocycles. The summed E-state index contributed by atoms with van der Waals surface area (Å²) in [6.45, 7) is 4.34. The second kappa shape index (κ2) is 10.4. The number of pyridine rings is 1. The fraction of sp³-hybridized carbons (Fsp3) is 0.368. The Kier molecular flexibility index (Phi) is 8.16. The zero-order valence-corrected chi connectivity index (χ0v) is 16.1. The molecular formula is C19H23Cl2N3O2. The predicted molar refractivity (Wildman–Crippen MR) is 105 cm³/mol. The van der Waals surface area contributed by atoms with Crippen LogP contribution in [0.1, 0.15) is 5.56 Å². The molecule has 7 heteroatoms. The van der Waals surface area contributed by atoms with Crippen LogP contribution >= 0.6 is 24.0 Å². The summed E-state index contributed by atoms with van der Waals surface area (Å²) < 4.78 is 5.54. The molecule has 1 fully saturated rings. The number of amides is 1. The van der Waals surface area contributed by atoms with Crippen LogP contribution in [0.4, 0.5) is 0 Å². The molecule has 0 atom stereocenters. The standard InChI is InChI=1S/C19H22ClN3O2.ClH/c20-17-2-1-3-18(14-17)25-15-19(24)23-12-10-22(11-13-23)9-6-16-4-7-21-8-5-16;/h1-5,7-8,14H,6,9-13,15H2;1H. The van der Waals surface area contributed by atoms with Crippen molar-refractivity contribution in [3.8, 4) is 5.75 Å². The van der Waals surface area contributed by atoms with Crippen molar-refractivity contribution in [1.82, 2.24) is 14.8 Å². The number of carbonyl (C=O) groups is 1. The average Bonchev–Trinajstić information content (AvgIpc) is 2.66. The maximum Gasteiger partial charge on any atom is 0.260 e. The number of carbonyl (C=O) groups excluding carboxylic acids is 1. The van der Waals surface area contributed by atoms with Gasteiger partial charge in [0, 0.05) is 50.1 Å². The van der Waals surface area contributed by atoms with Gasteiger partial charge in [-0.2, -0.15) is 0 Å². The second-order valence-corrected chi connectivity index (χ2v) is 6.51. The van der Waals surface area contributed by atoms with E-state index in [4.69, 9.17) is 16.3 Å². The first-order valence-corrected chi connectivity index (χ1v) is 8.86. The van der Waals surface area contributed by atoms with Gasteiger partial charge >= 0.3 is 0 Å². The minimum absolute atomic E-state index is 0. The lowest BCUT2D eigenvalue weighted by Gasteiger charge is -2.34.